The summed E-state index contributed by atoms with van der Waals surface area (Å²) < 4.78 is 0. The fourth-order valence-corrected chi connectivity index (χ4v) is 2.53. The van der Waals surface area contributed by atoms with Gasteiger partial charge in [0.05, 0.1) is 11.6 Å². The number of anilines is 1. The molecule has 0 bridgehead atoms. The molecule has 2 rings (SSSR count). The maximum absolute atomic E-state index is 9.19. The lowest BCUT2D eigenvalue weighted by molar-refractivity contribution is 0.248. The van der Waals surface area contributed by atoms with Crippen LogP contribution < -0.4 is 5.32 Å². The predicted octanol–water partition coefficient (Wildman–Crippen LogP) is 3.92. The Morgan fingerprint density at radius 1 is 1.14 bits per heavy atom. The van der Waals surface area contributed by atoms with Crippen LogP contribution in [0, 0.1) is 16.7 Å². The Bertz CT molecular complexity index is 656. The third kappa shape index (κ3) is 3.74. The molecule has 0 unspecified atom stereocenters. The standard InChI is InChI=1S/C18H22N2O/c1-18(2,10-5-11-21)13-20-17-9-8-14(12-19)15-6-3-4-7-16(15)17/h3-4,6-9,20-21H,5,10-11,13H2,1-2H3. The zero-order valence-corrected chi connectivity index (χ0v) is 12.7. The summed E-state index contributed by atoms with van der Waals surface area (Å²) in [5.74, 6) is 0. The average molecular weight is 282 g/mol. The molecule has 110 valence electrons. The molecule has 0 aliphatic heterocycles. The van der Waals surface area contributed by atoms with Gasteiger partial charge in [-0.15, -0.1) is 0 Å². The highest BCUT2D eigenvalue weighted by Crippen LogP contribution is 2.28. The van der Waals surface area contributed by atoms with E-state index in [1.807, 2.05) is 36.4 Å². The SMILES string of the molecule is CC(C)(CCCO)CNc1ccc(C#N)c2ccccc12. The molecule has 2 aromatic carbocycles. The summed E-state index contributed by atoms with van der Waals surface area (Å²) >= 11 is 0. The summed E-state index contributed by atoms with van der Waals surface area (Å²) in [5, 5.41) is 23.7. The molecule has 0 aliphatic rings. The Kier molecular flexibility index (Phi) is 4.82. The topological polar surface area (TPSA) is 56.0 Å². The van der Waals surface area contributed by atoms with E-state index in [1.54, 1.807) is 0 Å². The molecule has 21 heavy (non-hydrogen) atoms. The van der Waals surface area contributed by atoms with Gasteiger partial charge in [-0.2, -0.15) is 5.26 Å². The third-order valence-corrected chi connectivity index (χ3v) is 3.81. The zero-order chi connectivity index (χ0) is 15.3. The van der Waals surface area contributed by atoms with Crippen molar-refractivity contribution >= 4 is 16.5 Å². The van der Waals surface area contributed by atoms with Crippen molar-refractivity contribution in [1.82, 2.24) is 0 Å². The van der Waals surface area contributed by atoms with Crippen molar-refractivity contribution in [2.24, 2.45) is 5.41 Å². The zero-order valence-electron chi connectivity index (χ0n) is 12.7. The number of nitrogens with zero attached hydrogens (tertiary/aromatic N) is 1. The molecule has 2 N–H and O–H groups in total. The van der Waals surface area contributed by atoms with E-state index in [4.69, 9.17) is 5.11 Å². The number of nitriles is 1. The first-order valence-corrected chi connectivity index (χ1v) is 7.34. The van der Waals surface area contributed by atoms with Crippen molar-refractivity contribution in [3.63, 3.8) is 0 Å². The number of fused-ring (bicyclic) bond motifs is 1. The van der Waals surface area contributed by atoms with Gasteiger partial charge in [0, 0.05) is 29.6 Å². The lowest BCUT2D eigenvalue weighted by Gasteiger charge is -2.25. The highest BCUT2D eigenvalue weighted by Gasteiger charge is 2.17. The van der Waals surface area contributed by atoms with Crippen LogP contribution in [0.4, 0.5) is 5.69 Å². The van der Waals surface area contributed by atoms with Crippen LogP contribution in [0.2, 0.25) is 0 Å². The second-order valence-electron chi connectivity index (χ2n) is 6.16. The summed E-state index contributed by atoms with van der Waals surface area (Å²) in [7, 11) is 0. The maximum Gasteiger partial charge on any atom is 0.0998 e. The first-order chi connectivity index (χ1) is 10.1. The summed E-state index contributed by atoms with van der Waals surface area (Å²) in [4.78, 5) is 0. The smallest absolute Gasteiger partial charge is 0.0998 e. The largest absolute Gasteiger partial charge is 0.396 e. The fourth-order valence-electron chi connectivity index (χ4n) is 2.53. The van der Waals surface area contributed by atoms with Crippen LogP contribution in [0.3, 0.4) is 0 Å². The molecule has 2 aromatic rings. The molecule has 0 saturated carbocycles. The van der Waals surface area contributed by atoms with Crippen molar-refractivity contribution in [3.05, 3.63) is 42.0 Å². The molecule has 3 heteroatoms. The van der Waals surface area contributed by atoms with Gasteiger partial charge >= 0.3 is 0 Å². The van der Waals surface area contributed by atoms with E-state index in [0.717, 1.165) is 35.8 Å². The van der Waals surface area contributed by atoms with E-state index >= 15 is 0 Å². The van der Waals surface area contributed by atoms with Gasteiger partial charge in [0.2, 0.25) is 0 Å². The van der Waals surface area contributed by atoms with E-state index < -0.39 is 0 Å². The molecular weight excluding hydrogens is 260 g/mol. The van der Waals surface area contributed by atoms with Crippen molar-refractivity contribution in [1.29, 1.82) is 5.26 Å². The molecule has 0 aromatic heterocycles. The third-order valence-electron chi connectivity index (χ3n) is 3.81. The van der Waals surface area contributed by atoms with Gasteiger partial charge in [-0.25, -0.2) is 0 Å². The number of hydrogen-bond donors (Lipinski definition) is 2. The van der Waals surface area contributed by atoms with Crippen LogP contribution in [0.15, 0.2) is 36.4 Å². The second-order valence-corrected chi connectivity index (χ2v) is 6.16. The summed E-state index contributed by atoms with van der Waals surface area (Å²) in [6.45, 7) is 5.47. The van der Waals surface area contributed by atoms with Gasteiger partial charge < -0.3 is 10.4 Å². The minimum absolute atomic E-state index is 0.123. The van der Waals surface area contributed by atoms with Gasteiger partial charge in [0.25, 0.3) is 0 Å². The predicted molar refractivity (Wildman–Crippen MR) is 87.3 cm³/mol. The molecule has 0 atom stereocenters. The van der Waals surface area contributed by atoms with E-state index in [9.17, 15) is 5.26 Å². The van der Waals surface area contributed by atoms with Gasteiger partial charge in [-0.05, 0) is 30.4 Å². The van der Waals surface area contributed by atoms with Gasteiger partial charge in [0.15, 0.2) is 0 Å². The summed E-state index contributed by atoms with van der Waals surface area (Å²) in [6.07, 6.45) is 1.80. The summed E-state index contributed by atoms with van der Waals surface area (Å²) in [6, 6.07) is 14.1. The van der Waals surface area contributed by atoms with Crippen molar-refractivity contribution in [3.8, 4) is 6.07 Å². The lowest BCUT2D eigenvalue weighted by Crippen LogP contribution is -2.23. The van der Waals surface area contributed by atoms with Crippen LogP contribution >= 0.6 is 0 Å². The van der Waals surface area contributed by atoms with Crippen molar-refractivity contribution in [2.45, 2.75) is 26.7 Å². The Hall–Kier alpha value is -2.05. The Balaban J connectivity index is 2.22. The number of hydrogen-bond acceptors (Lipinski definition) is 3. The molecular formula is C18H22N2O. The number of nitrogens with one attached hydrogen (secondary N) is 1. The van der Waals surface area contributed by atoms with Crippen LogP contribution in [-0.4, -0.2) is 18.3 Å². The molecule has 0 aliphatic carbocycles. The first-order valence-electron chi connectivity index (χ1n) is 7.34. The lowest BCUT2D eigenvalue weighted by atomic mass is 9.87. The molecule has 0 spiro atoms. The van der Waals surface area contributed by atoms with Crippen LogP contribution in [0.5, 0.6) is 0 Å². The van der Waals surface area contributed by atoms with E-state index in [1.165, 1.54) is 0 Å². The van der Waals surface area contributed by atoms with Gasteiger partial charge in [-0.3, -0.25) is 0 Å². The highest BCUT2D eigenvalue weighted by atomic mass is 16.2. The first kappa shape index (κ1) is 15.3. The van der Waals surface area contributed by atoms with Crippen LogP contribution in [0.1, 0.15) is 32.3 Å². The van der Waals surface area contributed by atoms with E-state index in [2.05, 4.69) is 25.2 Å². The molecule has 0 radical (unpaired) electrons. The maximum atomic E-state index is 9.19. The Morgan fingerprint density at radius 2 is 1.86 bits per heavy atom. The number of rotatable bonds is 6. The minimum atomic E-state index is 0.123. The molecule has 0 amide bonds. The molecule has 0 saturated heterocycles. The quantitative estimate of drug-likeness (QED) is 0.844. The average Bonchev–Trinajstić information content (AvgIpc) is 2.50. The normalized spacial score (nSPS) is 11.3. The van der Waals surface area contributed by atoms with Crippen LogP contribution in [0.25, 0.3) is 10.8 Å². The highest BCUT2D eigenvalue weighted by molar-refractivity contribution is 5.97. The molecule has 0 heterocycles. The van der Waals surface area contributed by atoms with E-state index in [-0.39, 0.29) is 12.0 Å². The Morgan fingerprint density at radius 3 is 2.52 bits per heavy atom. The van der Waals surface area contributed by atoms with Crippen molar-refractivity contribution < 1.29 is 5.11 Å². The van der Waals surface area contributed by atoms with Crippen molar-refractivity contribution in [2.75, 3.05) is 18.5 Å². The molecule has 3 nitrogen and oxygen atoms in total. The number of aliphatic hydroxyl groups excluding tert-OH is 1. The number of benzene rings is 2. The van der Waals surface area contributed by atoms with Crippen LogP contribution in [-0.2, 0) is 0 Å². The monoisotopic (exact) mass is 282 g/mol. The van der Waals surface area contributed by atoms with Gasteiger partial charge in [-0.1, -0.05) is 38.1 Å². The van der Waals surface area contributed by atoms with Gasteiger partial charge in [0.1, 0.15) is 0 Å². The molecule has 0 fully saturated rings. The summed E-state index contributed by atoms with van der Waals surface area (Å²) in [5.41, 5.74) is 1.88. The van der Waals surface area contributed by atoms with E-state index in [0.29, 0.717) is 5.56 Å². The number of aliphatic hydroxyl groups is 1. The fraction of sp³-hybridized carbons (Fsp3) is 0.389. The second kappa shape index (κ2) is 6.60. The Labute approximate surface area is 126 Å². The minimum Gasteiger partial charge on any atom is -0.396 e.